The first-order valence-corrected chi connectivity index (χ1v) is 8.85. The molecule has 4 nitrogen and oxygen atoms in total. The number of para-hydroxylation sites is 1. The number of nitrogens with one attached hydrogen (secondary N) is 1. The van der Waals surface area contributed by atoms with E-state index in [0.717, 1.165) is 30.6 Å². The number of ether oxygens (including phenoxy) is 1. The molecular formula is C21H26N2O2. The highest BCUT2D eigenvalue weighted by molar-refractivity contribution is 5.78. The minimum Gasteiger partial charge on any atom is -0.496 e. The Morgan fingerprint density at radius 1 is 1.20 bits per heavy atom. The topological polar surface area (TPSA) is 41.6 Å². The van der Waals surface area contributed by atoms with Crippen LogP contribution in [-0.4, -0.2) is 31.5 Å². The molecule has 132 valence electrons. The van der Waals surface area contributed by atoms with Crippen molar-refractivity contribution in [1.82, 2.24) is 10.2 Å². The normalized spacial score (nSPS) is 16.4. The highest BCUT2D eigenvalue weighted by Crippen LogP contribution is 2.29. The van der Waals surface area contributed by atoms with Gasteiger partial charge in [-0.05, 0) is 43.5 Å². The van der Waals surface area contributed by atoms with Crippen LogP contribution < -0.4 is 10.1 Å². The maximum atomic E-state index is 12.5. The number of amides is 1. The number of hydrogen-bond donors (Lipinski definition) is 1. The monoisotopic (exact) mass is 338 g/mol. The van der Waals surface area contributed by atoms with E-state index in [-0.39, 0.29) is 11.9 Å². The predicted octanol–water partition coefficient (Wildman–Crippen LogP) is 3.32. The van der Waals surface area contributed by atoms with Crippen LogP contribution in [0.15, 0.2) is 48.5 Å². The molecule has 3 rings (SSSR count). The molecule has 2 aromatic rings. The average molecular weight is 338 g/mol. The fourth-order valence-electron chi connectivity index (χ4n) is 3.57. The third kappa shape index (κ3) is 4.40. The molecule has 2 aromatic carbocycles. The van der Waals surface area contributed by atoms with Gasteiger partial charge in [0.05, 0.1) is 19.7 Å². The van der Waals surface area contributed by atoms with Crippen LogP contribution in [0.2, 0.25) is 0 Å². The molecule has 4 heteroatoms. The molecule has 0 heterocycles. The minimum absolute atomic E-state index is 0.0686. The Morgan fingerprint density at radius 3 is 2.80 bits per heavy atom. The lowest BCUT2D eigenvalue weighted by Gasteiger charge is -2.27. The van der Waals surface area contributed by atoms with Crippen molar-refractivity contribution in [3.05, 3.63) is 65.2 Å². The fourth-order valence-corrected chi connectivity index (χ4v) is 3.57. The molecule has 0 spiro atoms. The molecule has 0 saturated heterocycles. The van der Waals surface area contributed by atoms with Gasteiger partial charge in [0.25, 0.3) is 0 Å². The standard InChI is InChI=1S/C21H26N2O2/c1-23(14-17-9-4-6-13-20(17)25-2)15-21(24)22-19-12-7-10-16-8-3-5-11-18(16)19/h3-6,8-9,11,13,19H,7,10,12,14-15H2,1-2H3,(H,22,24)/t19-/m0/s1. The van der Waals surface area contributed by atoms with E-state index < -0.39 is 0 Å². The highest BCUT2D eigenvalue weighted by atomic mass is 16.5. The zero-order chi connectivity index (χ0) is 17.6. The zero-order valence-electron chi connectivity index (χ0n) is 15.0. The number of nitrogens with zero attached hydrogens (tertiary/aromatic N) is 1. The van der Waals surface area contributed by atoms with Gasteiger partial charge >= 0.3 is 0 Å². The molecule has 0 bridgehead atoms. The minimum atomic E-state index is 0.0686. The second-order valence-corrected chi connectivity index (χ2v) is 6.70. The van der Waals surface area contributed by atoms with Gasteiger partial charge in [-0.1, -0.05) is 42.5 Å². The van der Waals surface area contributed by atoms with E-state index in [1.54, 1.807) is 7.11 Å². The number of methoxy groups -OCH3 is 1. The molecule has 0 aliphatic heterocycles. The summed E-state index contributed by atoms with van der Waals surface area (Å²) < 4.78 is 5.38. The molecule has 0 radical (unpaired) electrons. The molecule has 0 fully saturated rings. The van der Waals surface area contributed by atoms with Gasteiger partial charge in [0.2, 0.25) is 5.91 Å². The van der Waals surface area contributed by atoms with Gasteiger partial charge < -0.3 is 10.1 Å². The first-order chi connectivity index (χ1) is 12.2. The first kappa shape index (κ1) is 17.5. The van der Waals surface area contributed by atoms with Crippen molar-refractivity contribution in [3.8, 4) is 5.75 Å². The number of carbonyl (C=O) groups is 1. The van der Waals surface area contributed by atoms with Gasteiger partial charge in [0.15, 0.2) is 0 Å². The van der Waals surface area contributed by atoms with Crippen molar-refractivity contribution in [2.45, 2.75) is 31.8 Å². The van der Waals surface area contributed by atoms with Crippen LogP contribution in [0.3, 0.4) is 0 Å². The van der Waals surface area contributed by atoms with Crippen molar-refractivity contribution < 1.29 is 9.53 Å². The summed E-state index contributed by atoms with van der Waals surface area (Å²) in [6, 6.07) is 16.5. The summed E-state index contributed by atoms with van der Waals surface area (Å²) in [4.78, 5) is 14.5. The molecule has 0 aromatic heterocycles. The summed E-state index contributed by atoms with van der Waals surface area (Å²) >= 11 is 0. The maximum Gasteiger partial charge on any atom is 0.234 e. The summed E-state index contributed by atoms with van der Waals surface area (Å²) in [6.07, 6.45) is 3.24. The third-order valence-corrected chi connectivity index (χ3v) is 4.75. The third-order valence-electron chi connectivity index (χ3n) is 4.75. The summed E-state index contributed by atoms with van der Waals surface area (Å²) in [6.45, 7) is 1.05. The second-order valence-electron chi connectivity index (χ2n) is 6.70. The number of aryl methyl sites for hydroxylation is 1. The average Bonchev–Trinajstić information content (AvgIpc) is 2.62. The van der Waals surface area contributed by atoms with Crippen LogP contribution in [0.25, 0.3) is 0 Å². The van der Waals surface area contributed by atoms with Crippen molar-refractivity contribution in [2.75, 3.05) is 20.7 Å². The van der Waals surface area contributed by atoms with Crippen molar-refractivity contribution in [2.24, 2.45) is 0 Å². The number of fused-ring (bicyclic) bond motifs is 1. The van der Waals surface area contributed by atoms with Gasteiger partial charge in [-0.25, -0.2) is 0 Å². The Bertz CT molecular complexity index is 729. The first-order valence-electron chi connectivity index (χ1n) is 8.85. The summed E-state index contributed by atoms with van der Waals surface area (Å²) in [7, 11) is 3.63. The predicted molar refractivity (Wildman–Crippen MR) is 99.6 cm³/mol. The SMILES string of the molecule is COc1ccccc1CN(C)CC(=O)N[C@H]1CCCc2ccccc21. The van der Waals surface area contributed by atoms with E-state index in [2.05, 4.69) is 29.6 Å². The van der Waals surface area contributed by atoms with E-state index in [1.165, 1.54) is 11.1 Å². The number of benzene rings is 2. The Hall–Kier alpha value is -2.33. The molecule has 1 amide bonds. The van der Waals surface area contributed by atoms with Crippen molar-refractivity contribution >= 4 is 5.91 Å². The lowest BCUT2D eigenvalue weighted by atomic mass is 9.88. The van der Waals surface area contributed by atoms with E-state index in [4.69, 9.17) is 4.74 Å². The lowest BCUT2D eigenvalue weighted by molar-refractivity contribution is -0.122. The Labute approximate surface area is 149 Å². The molecular weight excluding hydrogens is 312 g/mol. The second kappa shape index (κ2) is 8.17. The smallest absolute Gasteiger partial charge is 0.234 e. The van der Waals surface area contributed by atoms with Gasteiger partial charge in [-0.2, -0.15) is 0 Å². The highest BCUT2D eigenvalue weighted by Gasteiger charge is 2.21. The van der Waals surface area contributed by atoms with Crippen LogP contribution in [0.1, 0.15) is 35.6 Å². The molecule has 0 saturated carbocycles. The van der Waals surface area contributed by atoms with Crippen molar-refractivity contribution in [3.63, 3.8) is 0 Å². The van der Waals surface area contributed by atoms with E-state index in [0.29, 0.717) is 13.1 Å². The molecule has 0 unspecified atom stereocenters. The van der Waals surface area contributed by atoms with Crippen LogP contribution >= 0.6 is 0 Å². The van der Waals surface area contributed by atoms with Crippen LogP contribution in [0.4, 0.5) is 0 Å². The molecule has 1 aliphatic rings. The number of hydrogen-bond acceptors (Lipinski definition) is 3. The van der Waals surface area contributed by atoms with Crippen LogP contribution in [-0.2, 0) is 17.8 Å². The summed E-state index contributed by atoms with van der Waals surface area (Å²) in [5, 5.41) is 3.21. The molecule has 1 atom stereocenters. The van der Waals surface area contributed by atoms with Crippen LogP contribution in [0.5, 0.6) is 5.75 Å². The van der Waals surface area contributed by atoms with Gasteiger partial charge in [-0.15, -0.1) is 0 Å². The number of likely N-dealkylation sites (N-methyl/N-ethyl adjacent to an activating group) is 1. The van der Waals surface area contributed by atoms with E-state index >= 15 is 0 Å². The van der Waals surface area contributed by atoms with Gasteiger partial charge in [0, 0.05) is 12.1 Å². The summed E-state index contributed by atoms with van der Waals surface area (Å²) in [5.41, 5.74) is 3.72. The Morgan fingerprint density at radius 2 is 1.96 bits per heavy atom. The van der Waals surface area contributed by atoms with Crippen molar-refractivity contribution in [1.29, 1.82) is 0 Å². The maximum absolute atomic E-state index is 12.5. The summed E-state index contributed by atoms with van der Waals surface area (Å²) in [5.74, 6) is 0.926. The number of carbonyl (C=O) groups excluding carboxylic acids is 1. The Balaban J connectivity index is 1.58. The zero-order valence-corrected chi connectivity index (χ0v) is 15.0. The quantitative estimate of drug-likeness (QED) is 0.878. The molecule has 1 aliphatic carbocycles. The van der Waals surface area contributed by atoms with E-state index in [1.807, 2.05) is 36.2 Å². The van der Waals surface area contributed by atoms with Gasteiger partial charge in [-0.3, -0.25) is 9.69 Å². The van der Waals surface area contributed by atoms with E-state index in [9.17, 15) is 4.79 Å². The fraction of sp³-hybridized carbons (Fsp3) is 0.381. The molecule has 1 N–H and O–H groups in total. The number of rotatable bonds is 6. The molecule has 25 heavy (non-hydrogen) atoms. The Kier molecular flexibility index (Phi) is 5.71. The van der Waals surface area contributed by atoms with Gasteiger partial charge in [0.1, 0.15) is 5.75 Å². The van der Waals surface area contributed by atoms with Crippen LogP contribution in [0, 0.1) is 0 Å². The lowest BCUT2D eigenvalue weighted by Crippen LogP contribution is -2.38. The largest absolute Gasteiger partial charge is 0.496 e.